The Morgan fingerprint density at radius 2 is 2.28 bits per heavy atom. The minimum absolute atomic E-state index is 0.0251. The second-order valence-corrected chi connectivity index (χ2v) is 4.78. The molecule has 94 valence electrons. The van der Waals surface area contributed by atoms with Crippen molar-refractivity contribution in [1.82, 2.24) is 4.90 Å². The summed E-state index contributed by atoms with van der Waals surface area (Å²) < 4.78 is 4.96. The first-order chi connectivity index (χ1) is 8.58. The fourth-order valence-electron chi connectivity index (χ4n) is 1.46. The Morgan fingerprint density at radius 1 is 1.50 bits per heavy atom. The summed E-state index contributed by atoms with van der Waals surface area (Å²) in [6.07, 6.45) is 1.06. The molecule has 0 saturated heterocycles. The van der Waals surface area contributed by atoms with Gasteiger partial charge in [-0.05, 0) is 11.4 Å². The number of thiophene rings is 1. The molecule has 2 heterocycles. The van der Waals surface area contributed by atoms with Crippen LogP contribution >= 0.6 is 11.3 Å². The summed E-state index contributed by atoms with van der Waals surface area (Å²) in [4.78, 5) is 25.2. The largest absolute Gasteiger partial charge is 0.478 e. The van der Waals surface area contributed by atoms with Crippen molar-refractivity contribution in [2.24, 2.45) is 0 Å². The predicted octanol–water partition coefficient (Wildman–Crippen LogP) is 2.31. The average molecular weight is 265 g/mol. The molecule has 0 spiro atoms. The molecule has 0 bridgehead atoms. The quantitative estimate of drug-likeness (QED) is 0.920. The summed E-state index contributed by atoms with van der Waals surface area (Å²) in [6.45, 7) is 0.472. The van der Waals surface area contributed by atoms with Crippen molar-refractivity contribution in [3.63, 3.8) is 0 Å². The summed E-state index contributed by atoms with van der Waals surface area (Å²) in [5.74, 6) is -1.42. The van der Waals surface area contributed by atoms with E-state index in [0.717, 1.165) is 11.1 Å². The Hall–Kier alpha value is -2.08. The molecule has 1 N–H and O–H groups in total. The molecule has 2 aromatic heterocycles. The van der Waals surface area contributed by atoms with Gasteiger partial charge in [-0.3, -0.25) is 4.79 Å². The van der Waals surface area contributed by atoms with Gasteiger partial charge in [0.05, 0.1) is 12.1 Å². The van der Waals surface area contributed by atoms with E-state index >= 15 is 0 Å². The molecule has 5 nitrogen and oxygen atoms in total. The minimum Gasteiger partial charge on any atom is -0.478 e. The molecule has 2 rings (SSSR count). The lowest BCUT2D eigenvalue weighted by Crippen LogP contribution is -2.25. The van der Waals surface area contributed by atoms with Crippen molar-refractivity contribution in [2.45, 2.75) is 6.54 Å². The number of carboxylic acids is 1. The zero-order valence-corrected chi connectivity index (χ0v) is 10.4. The Morgan fingerprint density at radius 3 is 2.83 bits per heavy atom. The maximum atomic E-state index is 12.0. The topological polar surface area (TPSA) is 70.8 Å². The molecule has 18 heavy (non-hydrogen) atoms. The Labute approximate surface area is 107 Å². The van der Waals surface area contributed by atoms with Gasteiger partial charge in [0.15, 0.2) is 5.76 Å². The third-order valence-electron chi connectivity index (χ3n) is 2.38. The third-order valence-corrected chi connectivity index (χ3v) is 3.24. The zero-order chi connectivity index (χ0) is 13.1. The molecule has 0 saturated carbocycles. The van der Waals surface area contributed by atoms with E-state index in [1.807, 2.05) is 17.5 Å². The molecule has 0 fully saturated rings. The summed E-state index contributed by atoms with van der Waals surface area (Å²) in [6, 6.07) is 5.07. The first-order valence-electron chi connectivity index (χ1n) is 5.17. The number of carbonyl (C=O) groups excluding carboxylic acids is 1. The fraction of sp³-hybridized carbons (Fsp3) is 0.167. The summed E-state index contributed by atoms with van der Waals surface area (Å²) in [7, 11) is 1.64. The Kier molecular flexibility index (Phi) is 3.47. The number of furan rings is 1. The van der Waals surface area contributed by atoms with Gasteiger partial charge in [0, 0.05) is 18.0 Å². The van der Waals surface area contributed by atoms with E-state index in [0.29, 0.717) is 6.54 Å². The standard InChI is InChI=1S/C12H11NO4S/c1-13(6-9-3-2-4-18-9)11(14)10-5-8(7-17-10)12(15)16/h2-5,7H,6H2,1H3,(H,15,16). The van der Waals surface area contributed by atoms with Crippen LogP contribution in [-0.2, 0) is 6.54 Å². The van der Waals surface area contributed by atoms with Gasteiger partial charge in [-0.15, -0.1) is 11.3 Å². The molecule has 0 unspecified atom stereocenters. The lowest BCUT2D eigenvalue weighted by atomic mass is 10.3. The number of nitrogens with zero attached hydrogens (tertiary/aromatic N) is 1. The molecule has 2 aromatic rings. The lowest BCUT2D eigenvalue weighted by Gasteiger charge is -2.14. The van der Waals surface area contributed by atoms with Gasteiger partial charge in [0.2, 0.25) is 0 Å². The number of carboxylic acid groups (broad SMARTS) is 1. The van der Waals surface area contributed by atoms with E-state index in [1.165, 1.54) is 11.0 Å². The van der Waals surface area contributed by atoms with E-state index < -0.39 is 5.97 Å². The van der Waals surface area contributed by atoms with Crippen molar-refractivity contribution in [1.29, 1.82) is 0 Å². The van der Waals surface area contributed by atoms with E-state index in [1.54, 1.807) is 18.4 Å². The van der Waals surface area contributed by atoms with Crippen LogP contribution in [0.5, 0.6) is 0 Å². The maximum Gasteiger partial charge on any atom is 0.338 e. The average Bonchev–Trinajstić information content (AvgIpc) is 2.98. The predicted molar refractivity (Wildman–Crippen MR) is 65.8 cm³/mol. The van der Waals surface area contributed by atoms with E-state index in [-0.39, 0.29) is 17.2 Å². The Bertz CT molecular complexity index is 558. The highest BCUT2D eigenvalue weighted by Crippen LogP contribution is 2.14. The molecule has 0 aromatic carbocycles. The van der Waals surface area contributed by atoms with Crippen LogP contribution in [0, 0.1) is 0 Å². The van der Waals surface area contributed by atoms with Crippen LogP contribution in [0.3, 0.4) is 0 Å². The van der Waals surface area contributed by atoms with Crippen molar-refractivity contribution in [2.75, 3.05) is 7.05 Å². The number of hydrogen-bond donors (Lipinski definition) is 1. The van der Waals surface area contributed by atoms with E-state index in [4.69, 9.17) is 9.52 Å². The fourth-order valence-corrected chi connectivity index (χ4v) is 2.21. The smallest absolute Gasteiger partial charge is 0.338 e. The SMILES string of the molecule is CN(Cc1cccs1)C(=O)c1cc(C(=O)O)co1. The summed E-state index contributed by atoms with van der Waals surface area (Å²) >= 11 is 1.56. The normalized spacial score (nSPS) is 10.3. The number of carbonyl (C=O) groups is 2. The zero-order valence-electron chi connectivity index (χ0n) is 9.62. The first kappa shape index (κ1) is 12.4. The number of aromatic carboxylic acids is 1. The Balaban J connectivity index is 2.08. The van der Waals surface area contributed by atoms with Gasteiger partial charge in [0.25, 0.3) is 5.91 Å². The van der Waals surface area contributed by atoms with Crippen LogP contribution in [0.25, 0.3) is 0 Å². The van der Waals surface area contributed by atoms with Crippen LogP contribution in [0.4, 0.5) is 0 Å². The van der Waals surface area contributed by atoms with Gasteiger partial charge in [-0.2, -0.15) is 0 Å². The molecule has 0 radical (unpaired) electrons. The molecular formula is C12H11NO4S. The van der Waals surface area contributed by atoms with Crippen LogP contribution in [0.1, 0.15) is 25.8 Å². The van der Waals surface area contributed by atoms with Gasteiger partial charge < -0.3 is 14.4 Å². The summed E-state index contributed by atoms with van der Waals surface area (Å²) in [5, 5.41) is 10.7. The first-order valence-corrected chi connectivity index (χ1v) is 6.05. The van der Waals surface area contributed by atoms with E-state index in [2.05, 4.69) is 0 Å². The highest BCUT2D eigenvalue weighted by molar-refractivity contribution is 7.09. The van der Waals surface area contributed by atoms with Crippen molar-refractivity contribution in [3.8, 4) is 0 Å². The molecule has 6 heteroatoms. The second kappa shape index (κ2) is 5.05. The molecule has 0 aliphatic heterocycles. The van der Waals surface area contributed by atoms with E-state index in [9.17, 15) is 9.59 Å². The highest BCUT2D eigenvalue weighted by atomic mass is 32.1. The molecule has 1 amide bonds. The molecule has 0 aliphatic carbocycles. The van der Waals surface area contributed by atoms with Gasteiger partial charge in [-0.25, -0.2) is 4.79 Å². The molecular weight excluding hydrogens is 254 g/mol. The van der Waals surface area contributed by atoms with Crippen molar-refractivity contribution >= 4 is 23.2 Å². The van der Waals surface area contributed by atoms with Crippen molar-refractivity contribution in [3.05, 3.63) is 46.0 Å². The molecule has 0 aliphatic rings. The van der Waals surface area contributed by atoms with Crippen molar-refractivity contribution < 1.29 is 19.1 Å². The molecule has 0 atom stereocenters. The summed E-state index contributed by atoms with van der Waals surface area (Å²) in [5.41, 5.74) is -0.0251. The van der Waals surface area contributed by atoms with Crippen LogP contribution < -0.4 is 0 Å². The number of amides is 1. The lowest BCUT2D eigenvalue weighted by molar-refractivity contribution is 0.0695. The number of hydrogen-bond acceptors (Lipinski definition) is 4. The monoisotopic (exact) mass is 265 g/mol. The van der Waals surface area contributed by atoms with Gasteiger partial charge in [-0.1, -0.05) is 6.07 Å². The van der Waals surface area contributed by atoms with Crippen LogP contribution in [0.15, 0.2) is 34.3 Å². The van der Waals surface area contributed by atoms with Gasteiger partial charge in [0.1, 0.15) is 6.26 Å². The maximum absolute atomic E-state index is 12.0. The second-order valence-electron chi connectivity index (χ2n) is 3.75. The third kappa shape index (κ3) is 2.60. The van der Waals surface area contributed by atoms with Crippen LogP contribution in [0.2, 0.25) is 0 Å². The van der Waals surface area contributed by atoms with Gasteiger partial charge >= 0.3 is 5.97 Å². The van der Waals surface area contributed by atoms with Crippen LogP contribution in [-0.4, -0.2) is 28.9 Å². The number of rotatable bonds is 4. The highest BCUT2D eigenvalue weighted by Gasteiger charge is 2.18. The minimum atomic E-state index is -1.11.